The summed E-state index contributed by atoms with van der Waals surface area (Å²) in [6.07, 6.45) is 3.33. The lowest BCUT2D eigenvalue weighted by Crippen LogP contribution is -2.43. The number of ether oxygens (including phenoxy) is 1. The van der Waals surface area contributed by atoms with Crippen LogP contribution in [0.15, 0.2) is 30.3 Å². The van der Waals surface area contributed by atoms with E-state index in [1.807, 2.05) is 24.0 Å². The number of amides is 1. The van der Waals surface area contributed by atoms with Crippen molar-refractivity contribution in [3.63, 3.8) is 0 Å². The van der Waals surface area contributed by atoms with Crippen molar-refractivity contribution in [3.8, 4) is 17.4 Å². The molecule has 1 aliphatic heterocycles. The largest absolute Gasteiger partial charge is 0.481 e. The maximum atomic E-state index is 13.1. The molecule has 1 amide bonds. The number of pyridine rings is 1. The minimum absolute atomic E-state index is 0.0451. The molecular weight excluding hydrogens is 428 g/mol. The number of nitrogens with zero attached hydrogens (tertiary/aromatic N) is 5. The summed E-state index contributed by atoms with van der Waals surface area (Å²) >= 11 is 0. The second-order valence-electron chi connectivity index (χ2n) is 9.82. The fourth-order valence-corrected chi connectivity index (χ4v) is 5.12. The molecule has 0 spiro atoms. The van der Waals surface area contributed by atoms with Crippen molar-refractivity contribution in [1.82, 2.24) is 24.0 Å². The quantitative estimate of drug-likeness (QED) is 0.478. The summed E-state index contributed by atoms with van der Waals surface area (Å²) in [6.45, 7) is 4.12. The van der Waals surface area contributed by atoms with E-state index in [1.54, 1.807) is 7.11 Å². The number of aromatic nitrogens is 4. The van der Waals surface area contributed by atoms with Crippen molar-refractivity contribution in [1.29, 1.82) is 0 Å². The molecule has 2 N–H and O–H groups in total. The standard InChI is InChI=1S/C26H30N6O2/c1-15(27)13-31-9-8-17-10-21-20(12-19(17)26(31)33)28-25(30(21)2)22-11-18-6-7-23(34-3)29-24(18)32(22)14-16-4-5-16/h6-7,10-12,15-16H,4-5,8-9,13-14,27H2,1-3H3/t15-/m1/s1. The van der Waals surface area contributed by atoms with Crippen LogP contribution in [0.3, 0.4) is 0 Å². The molecule has 8 nitrogen and oxygen atoms in total. The normalized spacial score (nSPS) is 16.9. The van der Waals surface area contributed by atoms with Crippen molar-refractivity contribution < 1.29 is 9.53 Å². The van der Waals surface area contributed by atoms with E-state index < -0.39 is 0 Å². The third-order valence-corrected chi connectivity index (χ3v) is 7.08. The van der Waals surface area contributed by atoms with Crippen LogP contribution in [-0.4, -0.2) is 56.2 Å². The first-order chi connectivity index (χ1) is 16.4. The number of carbonyl (C=O) groups excluding carboxylic acids is 1. The number of hydrogen-bond donors (Lipinski definition) is 1. The molecule has 1 saturated carbocycles. The van der Waals surface area contributed by atoms with Crippen LogP contribution in [0.2, 0.25) is 0 Å². The minimum atomic E-state index is -0.0451. The van der Waals surface area contributed by atoms with Gasteiger partial charge in [0.15, 0.2) is 5.82 Å². The highest BCUT2D eigenvalue weighted by molar-refractivity contribution is 6.00. The number of benzene rings is 1. The first-order valence-electron chi connectivity index (χ1n) is 12.0. The summed E-state index contributed by atoms with van der Waals surface area (Å²) in [7, 11) is 3.70. The molecule has 1 aromatic carbocycles. The Morgan fingerprint density at radius 2 is 2.03 bits per heavy atom. The second-order valence-corrected chi connectivity index (χ2v) is 9.82. The summed E-state index contributed by atoms with van der Waals surface area (Å²) in [5, 5.41) is 1.07. The van der Waals surface area contributed by atoms with Crippen molar-refractivity contribution in [2.75, 3.05) is 20.2 Å². The zero-order valence-corrected chi connectivity index (χ0v) is 19.9. The van der Waals surface area contributed by atoms with Gasteiger partial charge in [0.25, 0.3) is 5.91 Å². The predicted octanol–water partition coefficient (Wildman–Crippen LogP) is 3.35. The Morgan fingerprint density at radius 3 is 2.76 bits per heavy atom. The van der Waals surface area contributed by atoms with Gasteiger partial charge in [-0.1, -0.05) is 0 Å². The summed E-state index contributed by atoms with van der Waals surface area (Å²) < 4.78 is 9.82. The van der Waals surface area contributed by atoms with Gasteiger partial charge in [0, 0.05) is 49.7 Å². The van der Waals surface area contributed by atoms with Crippen LogP contribution < -0.4 is 10.5 Å². The van der Waals surface area contributed by atoms with Crippen molar-refractivity contribution in [3.05, 3.63) is 41.5 Å². The third-order valence-electron chi connectivity index (χ3n) is 7.08. The van der Waals surface area contributed by atoms with Gasteiger partial charge < -0.3 is 24.5 Å². The van der Waals surface area contributed by atoms with Gasteiger partial charge in [0.05, 0.1) is 23.8 Å². The molecule has 8 heteroatoms. The van der Waals surface area contributed by atoms with E-state index in [2.05, 4.69) is 34.4 Å². The number of hydrogen-bond acceptors (Lipinski definition) is 5. The Labute approximate surface area is 198 Å². The Balaban J connectivity index is 1.48. The zero-order valence-electron chi connectivity index (χ0n) is 19.9. The number of imidazole rings is 1. The number of nitrogens with two attached hydrogens (primary N) is 1. The van der Waals surface area contributed by atoms with Gasteiger partial charge >= 0.3 is 0 Å². The lowest BCUT2D eigenvalue weighted by Gasteiger charge is -2.29. The molecule has 1 atom stereocenters. The smallest absolute Gasteiger partial charge is 0.254 e. The van der Waals surface area contributed by atoms with Gasteiger partial charge in [-0.25, -0.2) is 4.98 Å². The molecule has 0 unspecified atom stereocenters. The zero-order chi connectivity index (χ0) is 23.6. The molecule has 1 fully saturated rings. The molecule has 4 aromatic rings. The van der Waals surface area contributed by atoms with E-state index >= 15 is 0 Å². The molecule has 6 rings (SSSR count). The van der Waals surface area contributed by atoms with Crippen LogP contribution in [0.25, 0.3) is 33.6 Å². The van der Waals surface area contributed by atoms with E-state index in [4.69, 9.17) is 20.4 Å². The molecule has 34 heavy (non-hydrogen) atoms. The molecule has 2 aliphatic rings. The highest BCUT2D eigenvalue weighted by Gasteiger charge is 2.28. The summed E-state index contributed by atoms with van der Waals surface area (Å²) in [4.78, 5) is 24.8. The Bertz CT molecular complexity index is 1430. The molecule has 4 heterocycles. The van der Waals surface area contributed by atoms with Gasteiger partial charge in [0.2, 0.25) is 5.88 Å². The predicted molar refractivity (Wildman–Crippen MR) is 132 cm³/mol. The first-order valence-corrected chi connectivity index (χ1v) is 12.0. The second kappa shape index (κ2) is 7.84. The van der Waals surface area contributed by atoms with Crippen molar-refractivity contribution in [2.24, 2.45) is 18.7 Å². The van der Waals surface area contributed by atoms with Gasteiger partial charge in [-0.2, -0.15) is 4.98 Å². The number of methoxy groups -OCH3 is 1. The van der Waals surface area contributed by atoms with E-state index in [0.29, 0.717) is 24.9 Å². The number of rotatable bonds is 6. The molecule has 1 aliphatic carbocycles. The lowest BCUT2D eigenvalue weighted by molar-refractivity contribution is 0.0732. The van der Waals surface area contributed by atoms with Crippen LogP contribution in [0.4, 0.5) is 0 Å². The maximum Gasteiger partial charge on any atom is 0.254 e. The molecule has 0 saturated heterocycles. The highest BCUT2D eigenvalue weighted by atomic mass is 16.5. The van der Waals surface area contributed by atoms with E-state index in [-0.39, 0.29) is 11.9 Å². The Kier molecular flexibility index (Phi) is 4.88. The number of fused-ring (bicyclic) bond motifs is 3. The molecule has 176 valence electrons. The fraction of sp³-hybridized carbons (Fsp3) is 0.423. The maximum absolute atomic E-state index is 13.1. The number of carbonyl (C=O) groups is 1. The molecule has 0 bridgehead atoms. The van der Waals surface area contributed by atoms with Crippen LogP contribution in [0, 0.1) is 5.92 Å². The van der Waals surface area contributed by atoms with E-state index in [0.717, 1.165) is 57.7 Å². The summed E-state index contributed by atoms with van der Waals surface area (Å²) in [5.74, 6) is 2.22. The molecule has 3 aromatic heterocycles. The van der Waals surface area contributed by atoms with E-state index in [9.17, 15) is 4.79 Å². The van der Waals surface area contributed by atoms with E-state index in [1.165, 1.54) is 12.8 Å². The van der Waals surface area contributed by atoms with Crippen LogP contribution in [0.1, 0.15) is 35.7 Å². The topological polar surface area (TPSA) is 91.2 Å². The minimum Gasteiger partial charge on any atom is -0.481 e. The van der Waals surface area contributed by atoms with Crippen LogP contribution >= 0.6 is 0 Å². The average molecular weight is 459 g/mol. The van der Waals surface area contributed by atoms with Crippen LogP contribution in [-0.2, 0) is 20.0 Å². The fourth-order valence-electron chi connectivity index (χ4n) is 5.12. The highest BCUT2D eigenvalue weighted by Crippen LogP contribution is 2.37. The molecule has 0 radical (unpaired) electrons. The monoisotopic (exact) mass is 458 g/mol. The number of aryl methyl sites for hydroxylation is 1. The van der Waals surface area contributed by atoms with Gasteiger partial charge in [-0.15, -0.1) is 0 Å². The lowest BCUT2D eigenvalue weighted by atomic mass is 9.97. The molecular formula is C26H30N6O2. The Hall–Kier alpha value is -3.39. The summed E-state index contributed by atoms with van der Waals surface area (Å²) in [5.41, 5.74) is 11.6. The van der Waals surface area contributed by atoms with Gasteiger partial charge in [0.1, 0.15) is 5.65 Å². The summed E-state index contributed by atoms with van der Waals surface area (Å²) in [6, 6.07) is 10.2. The van der Waals surface area contributed by atoms with Gasteiger partial charge in [-0.3, -0.25) is 4.79 Å². The van der Waals surface area contributed by atoms with Gasteiger partial charge in [-0.05, 0) is 61.9 Å². The first kappa shape index (κ1) is 21.2. The van der Waals surface area contributed by atoms with Crippen molar-refractivity contribution >= 4 is 28.0 Å². The SMILES string of the molecule is COc1ccc2cc(-c3nc4cc5c(cc4n3C)CCN(C[C@@H](C)N)C5=O)n(CC3CC3)c2n1. The van der Waals surface area contributed by atoms with Crippen LogP contribution in [0.5, 0.6) is 5.88 Å². The Morgan fingerprint density at radius 1 is 1.21 bits per heavy atom. The third kappa shape index (κ3) is 3.44. The average Bonchev–Trinajstić information content (AvgIpc) is 3.50. The van der Waals surface area contributed by atoms with Crippen molar-refractivity contribution in [2.45, 2.75) is 38.8 Å².